The molecule has 0 saturated carbocycles. The Labute approximate surface area is 197 Å². The molecule has 1 aromatic heterocycles. The molecule has 1 N–H and O–H groups in total. The molecule has 170 valence electrons. The Kier molecular flexibility index (Phi) is 4.78. The first-order valence-electron chi connectivity index (χ1n) is 11.5. The number of hydrogen-bond donors (Lipinski definition) is 1. The predicted octanol–water partition coefficient (Wildman–Crippen LogP) is 4.03. The minimum atomic E-state index is -1.08. The molecule has 2 aromatic carbocycles. The molecule has 33 heavy (non-hydrogen) atoms. The van der Waals surface area contributed by atoms with Gasteiger partial charge in [0.2, 0.25) is 5.91 Å². The second-order valence-electron chi connectivity index (χ2n) is 9.46. The largest absolute Gasteiger partial charge is 0.376 e. The number of aromatic nitrogens is 1. The highest BCUT2D eigenvalue weighted by Gasteiger charge is 2.56. The van der Waals surface area contributed by atoms with Crippen LogP contribution in [0.25, 0.3) is 10.9 Å². The summed E-state index contributed by atoms with van der Waals surface area (Å²) in [6.45, 7) is 3.62. The topological polar surface area (TPSA) is 65.6 Å². The maximum absolute atomic E-state index is 14.0. The zero-order valence-electron chi connectivity index (χ0n) is 18.5. The van der Waals surface area contributed by atoms with E-state index < -0.39 is 5.54 Å². The van der Waals surface area contributed by atoms with E-state index in [1.165, 1.54) is 0 Å². The van der Waals surface area contributed by atoms with Gasteiger partial charge in [0, 0.05) is 41.5 Å². The summed E-state index contributed by atoms with van der Waals surface area (Å²) >= 11 is 6.15. The van der Waals surface area contributed by atoms with Crippen molar-refractivity contribution in [1.82, 2.24) is 14.8 Å². The van der Waals surface area contributed by atoms with Crippen LogP contribution in [0.3, 0.4) is 0 Å². The minimum Gasteiger partial charge on any atom is -0.376 e. The third kappa shape index (κ3) is 3.11. The van der Waals surface area contributed by atoms with E-state index in [0.717, 1.165) is 47.2 Å². The van der Waals surface area contributed by atoms with E-state index in [9.17, 15) is 9.59 Å². The molecule has 3 aliphatic rings. The SMILES string of the molecule is C[C@]12C(=O)N(C[C@H]3CCCO3)CC(=O)N1C[C@H](c1ccc(Cl)cc1)c1c2[nH]c2ccccc12. The lowest BCUT2D eigenvalue weighted by atomic mass is 9.76. The summed E-state index contributed by atoms with van der Waals surface area (Å²) in [5, 5.41) is 1.76. The number of aromatic amines is 1. The van der Waals surface area contributed by atoms with Gasteiger partial charge in [0.15, 0.2) is 5.54 Å². The van der Waals surface area contributed by atoms with Crippen LogP contribution in [0.15, 0.2) is 48.5 Å². The number of fused-ring (bicyclic) bond motifs is 5. The molecule has 6 nitrogen and oxygen atoms in total. The number of carbonyl (C=O) groups excluding carboxylic acids is 2. The second-order valence-corrected chi connectivity index (χ2v) is 9.90. The molecule has 3 atom stereocenters. The molecule has 2 saturated heterocycles. The highest BCUT2D eigenvalue weighted by atomic mass is 35.5. The maximum atomic E-state index is 14.0. The van der Waals surface area contributed by atoms with Crippen LogP contribution in [0.4, 0.5) is 0 Å². The van der Waals surface area contributed by atoms with Crippen LogP contribution in [-0.2, 0) is 19.9 Å². The lowest BCUT2D eigenvalue weighted by molar-refractivity contribution is -0.167. The van der Waals surface area contributed by atoms with E-state index in [2.05, 4.69) is 11.1 Å². The normalized spacial score (nSPS) is 27.2. The molecule has 0 bridgehead atoms. The summed E-state index contributed by atoms with van der Waals surface area (Å²) in [7, 11) is 0. The number of carbonyl (C=O) groups is 2. The van der Waals surface area contributed by atoms with Crippen LogP contribution in [0.1, 0.15) is 42.5 Å². The van der Waals surface area contributed by atoms with E-state index in [0.29, 0.717) is 18.1 Å². The van der Waals surface area contributed by atoms with Crippen molar-refractivity contribution in [2.75, 3.05) is 26.2 Å². The summed E-state index contributed by atoms with van der Waals surface area (Å²) in [6, 6.07) is 15.9. The molecular weight excluding hydrogens is 438 g/mol. The summed E-state index contributed by atoms with van der Waals surface area (Å²) in [5.74, 6) is -0.124. The number of halogens is 1. The minimum absolute atomic E-state index is 0.00416. The molecule has 3 aliphatic heterocycles. The Balaban J connectivity index is 1.50. The van der Waals surface area contributed by atoms with Crippen LogP contribution in [0.5, 0.6) is 0 Å². The van der Waals surface area contributed by atoms with Gasteiger partial charge < -0.3 is 19.5 Å². The highest BCUT2D eigenvalue weighted by molar-refractivity contribution is 6.30. The van der Waals surface area contributed by atoms with Crippen LogP contribution < -0.4 is 0 Å². The third-order valence-electron chi connectivity index (χ3n) is 7.54. The highest BCUT2D eigenvalue weighted by Crippen LogP contribution is 2.48. The van der Waals surface area contributed by atoms with Crippen molar-refractivity contribution < 1.29 is 14.3 Å². The van der Waals surface area contributed by atoms with Gasteiger partial charge in [-0.3, -0.25) is 9.59 Å². The maximum Gasteiger partial charge on any atom is 0.255 e. The zero-order chi connectivity index (χ0) is 22.7. The lowest BCUT2D eigenvalue weighted by Gasteiger charge is -2.51. The molecule has 0 unspecified atom stereocenters. The molecule has 2 fully saturated rings. The van der Waals surface area contributed by atoms with Gasteiger partial charge in [-0.2, -0.15) is 0 Å². The number of nitrogens with one attached hydrogen (secondary N) is 1. The average Bonchev–Trinajstić information content (AvgIpc) is 3.47. The molecular formula is C26H26ClN3O3. The zero-order valence-corrected chi connectivity index (χ0v) is 19.3. The standard InChI is InChI=1S/C26H26ClN3O3/c1-26-24-23(19-6-2-3-7-21(19)28-24)20(16-8-10-17(27)11-9-16)14-30(26)22(31)15-29(25(26)32)13-18-5-4-12-33-18/h2-3,6-11,18,20,28H,4-5,12-15H2,1H3/t18-,20-,26+/m1/s1. The van der Waals surface area contributed by atoms with E-state index in [4.69, 9.17) is 16.3 Å². The van der Waals surface area contributed by atoms with Crippen molar-refractivity contribution in [3.05, 3.63) is 70.4 Å². The molecule has 0 radical (unpaired) electrons. The third-order valence-corrected chi connectivity index (χ3v) is 7.79. The fourth-order valence-electron chi connectivity index (χ4n) is 5.85. The monoisotopic (exact) mass is 463 g/mol. The Hall–Kier alpha value is -2.83. The van der Waals surface area contributed by atoms with Gasteiger partial charge in [-0.25, -0.2) is 0 Å². The fourth-order valence-corrected chi connectivity index (χ4v) is 5.98. The van der Waals surface area contributed by atoms with Crippen molar-refractivity contribution in [2.24, 2.45) is 0 Å². The number of rotatable bonds is 3. The Morgan fingerprint density at radius 3 is 2.70 bits per heavy atom. The van der Waals surface area contributed by atoms with Crippen molar-refractivity contribution in [1.29, 1.82) is 0 Å². The molecule has 3 aromatic rings. The first-order valence-corrected chi connectivity index (χ1v) is 11.9. The molecule has 6 rings (SSSR count). The first kappa shape index (κ1) is 20.8. The average molecular weight is 464 g/mol. The Morgan fingerprint density at radius 1 is 1.15 bits per heavy atom. The van der Waals surface area contributed by atoms with Crippen LogP contribution in [0, 0.1) is 0 Å². The van der Waals surface area contributed by atoms with E-state index in [-0.39, 0.29) is 30.4 Å². The van der Waals surface area contributed by atoms with Gasteiger partial charge in [-0.15, -0.1) is 0 Å². The van der Waals surface area contributed by atoms with Crippen LogP contribution in [0.2, 0.25) is 5.02 Å². The van der Waals surface area contributed by atoms with Gasteiger partial charge in [0.1, 0.15) is 0 Å². The number of benzene rings is 2. The Bertz CT molecular complexity index is 1250. The number of para-hydroxylation sites is 1. The van der Waals surface area contributed by atoms with Gasteiger partial charge in [-0.1, -0.05) is 41.9 Å². The number of ether oxygens (including phenoxy) is 1. The quantitative estimate of drug-likeness (QED) is 0.637. The van der Waals surface area contributed by atoms with Crippen LogP contribution in [-0.4, -0.2) is 58.9 Å². The van der Waals surface area contributed by atoms with Gasteiger partial charge in [0.25, 0.3) is 5.91 Å². The number of amides is 2. The second kappa shape index (κ2) is 7.61. The summed E-state index contributed by atoms with van der Waals surface area (Å²) < 4.78 is 5.77. The van der Waals surface area contributed by atoms with Crippen LogP contribution >= 0.6 is 11.6 Å². The summed E-state index contributed by atoms with van der Waals surface area (Å²) in [6.07, 6.45) is 1.93. The van der Waals surface area contributed by atoms with E-state index >= 15 is 0 Å². The first-order chi connectivity index (χ1) is 16.0. The molecule has 2 amide bonds. The van der Waals surface area contributed by atoms with E-state index in [1.807, 2.05) is 49.4 Å². The van der Waals surface area contributed by atoms with Gasteiger partial charge in [0.05, 0.1) is 18.3 Å². The van der Waals surface area contributed by atoms with Gasteiger partial charge >= 0.3 is 0 Å². The van der Waals surface area contributed by atoms with Crippen molar-refractivity contribution >= 4 is 34.3 Å². The molecule has 7 heteroatoms. The smallest absolute Gasteiger partial charge is 0.255 e. The Morgan fingerprint density at radius 2 is 1.94 bits per heavy atom. The summed E-state index contributed by atoms with van der Waals surface area (Å²) in [5.41, 5.74) is 2.87. The van der Waals surface area contributed by atoms with Crippen molar-refractivity contribution in [3.8, 4) is 0 Å². The number of hydrogen-bond acceptors (Lipinski definition) is 3. The summed E-state index contributed by atoms with van der Waals surface area (Å²) in [4.78, 5) is 34.5. The molecule has 0 aliphatic carbocycles. The number of piperazine rings is 1. The lowest BCUT2D eigenvalue weighted by Crippen LogP contribution is -2.68. The van der Waals surface area contributed by atoms with Crippen molar-refractivity contribution in [3.63, 3.8) is 0 Å². The van der Waals surface area contributed by atoms with Gasteiger partial charge in [-0.05, 0) is 49.1 Å². The molecule has 4 heterocycles. The van der Waals surface area contributed by atoms with E-state index in [1.54, 1.807) is 9.80 Å². The fraction of sp³-hybridized carbons (Fsp3) is 0.385. The number of nitrogens with zero attached hydrogens (tertiary/aromatic N) is 2. The van der Waals surface area contributed by atoms with Crippen molar-refractivity contribution in [2.45, 2.75) is 37.3 Å². The number of H-pyrrole nitrogens is 1. The molecule has 0 spiro atoms. The predicted molar refractivity (Wildman–Crippen MR) is 126 cm³/mol.